The fraction of sp³-hybridized carbons (Fsp3) is 0. The number of hydrogen-bond acceptors (Lipinski definition) is 6. The van der Waals surface area contributed by atoms with E-state index in [1.54, 1.807) is 6.20 Å². The molecule has 5 nitrogen and oxygen atoms in total. The molecule has 56 heavy (non-hydrogen) atoms. The largest absolute Gasteiger partial charge is 0.455 e. The molecule has 0 amide bonds. The van der Waals surface area contributed by atoms with Crippen LogP contribution >= 0.6 is 11.3 Å². The second kappa shape index (κ2) is 13.2. The van der Waals surface area contributed by atoms with Gasteiger partial charge >= 0.3 is 0 Å². The fourth-order valence-corrected chi connectivity index (χ4v) is 8.86. The van der Waals surface area contributed by atoms with Crippen LogP contribution in [0.3, 0.4) is 0 Å². The molecule has 4 aromatic heterocycles. The molecular formula is C50H30N4OS. The van der Waals surface area contributed by atoms with Crippen LogP contribution in [0.15, 0.2) is 187 Å². The van der Waals surface area contributed by atoms with E-state index in [2.05, 4.69) is 120 Å². The van der Waals surface area contributed by atoms with Crippen LogP contribution in [0.5, 0.6) is 0 Å². The van der Waals surface area contributed by atoms with Crippen molar-refractivity contribution in [1.82, 2.24) is 19.9 Å². The van der Waals surface area contributed by atoms with Gasteiger partial charge in [-0.1, -0.05) is 133 Å². The summed E-state index contributed by atoms with van der Waals surface area (Å²) in [6, 6.07) is 59.0. The van der Waals surface area contributed by atoms with E-state index in [0.717, 1.165) is 66.4 Å². The van der Waals surface area contributed by atoms with Crippen molar-refractivity contribution in [2.75, 3.05) is 0 Å². The Bertz CT molecular complexity index is 3240. The molecule has 0 aliphatic carbocycles. The molecule has 6 heteroatoms. The standard InChI is InChI=1S/C50H30N4OS/c1-2-10-32(11-3-1)48-52-49(54-50(53-48)36-13-8-12-34(28-36)37-14-9-27-51-30-37)33-21-19-31(20-22-33)39-26-25-38(46-42-16-4-6-17-43(42)55-47(39)46)35-23-24-41-40-15-5-7-18-44(40)56-45(41)29-35/h1-30H. The van der Waals surface area contributed by atoms with Crippen molar-refractivity contribution in [2.24, 2.45) is 0 Å². The zero-order valence-corrected chi connectivity index (χ0v) is 30.7. The first-order valence-electron chi connectivity index (χ1n) is 18.5. The molecule has 0 unspecified atom stereocenters. The highest BCUT2D eigenvalue weighted by Gasteiger charge is 2.19. The minimum absolute atomic E-state index is 0.605. The summed E-state index contributed by atoms with van der Waals surface area (Å²) in [4.78, 5) is 19.3. The van der Waals surface area contributed by atoms with Gasteiger partial charge in [-0.15, -0.1) is 11.3 Å². The second-order valence-corrected chi connectivity index (χ2v) is 14.9. The van der Waals surface area contributed by atoms with Gasteiger partial charge in [0.25, 0.3) is 0 Å². The van der Waals surface area contributed by atoms with E-state index >= 15 is 0 Å². The van der Waals surface area contributed by atoms with Gasteiger partial charge in [-0.25, -0.2) is 15.0 Å². The Hall–Kier alpha value is -7.28. The number of para-hydroxylation sites is 1. The Kier molecular flexibility index (Phi) is 7.60. The number of nitrogens with zero attached hydrogens (tertiary/aromatic N) is 4. The highest BCUT2D eigenvalue weighted by atomic mass is 32.1. The summed E-state index contributed by atoms with van der Waals surface area (Å²) in [5.41, 5.74) is 11.0. The first kappa shape index (κ1) is 32.2. The molecule has 0 spiro atoms. The number of benzene rings is 7. The Morgan fingerprint density at radius 2 is 1.02 bits per heavy atom. The van der Waals surface area contributed by atoms with Crippen molar-refractivity contribution in [3.05, 3.63) is 182 Å². The van der Waals surface area contributed by atoms with Crippen LogP contribution in [0.2, 0.25) is 0 Å². The van der Waals surface area contributed by atoms with Crippen LogP contribution < -0.4 is 0 Å². The van der Waals surface area contributed by atoms with E-state index in [1.807, 2.05) is 72.1 Å². The summed E-state index contributed by atoms with van der Waals surface area (Å²) in [7, 11) is 0. The van der Waals surface area contributed by atoms with Crippen LogP contribution in [-0.2, 0) is 0 Å². The Morgan fingerprint density at radius 1 is 0.393 bits per heavy atom. The molecule has 0 aliphatic rings. The van der Waals surface area contributed by atoms with E-state index in [1.165, 1.54) is 25.7 Å². The summed E-state index contributed by atoms with van der Waals surface area (Å²) >= 11 is 1.84. The quantitative estimate of drug-likeness (QED) is 0.170. The smallest absolute Gasteiger partial charge is 0.164 e. The molecule has 0 N–H and O–H groups in total. The number of furan rings is 1. The van der Waals surface area contributed by atoms with Crippen molar-refractivity contribution < 1.29 is 4.42 Å². The summed E-state index contributed by atoms with van der Waals surface area (Å²) in [6.07, 6.45) is 3.65. The molecule has 262 valence electrons. The highest BCUT2D eigenvalue weighted by molar-refractivity contribution is 7.25. The van der Waals surface area contributed by atoms with Crippen LogP contribution in [-0.4, -0.2) is 19.9 Å². The number of fused-ring (bicyclic) bond motifs is 6. The average Bonchev–Trinajstić information content (AvgIpc) is 3.85. The maximum Gasteiger partial charge on any atom is 0.164 e. The Labute approximate surface area is 326 Å². The van der Waals surface area contributed by atoms with Crippen molar-refractivity contribution in [3.63, 3.8) is 0 Å². The Morgan fingerprint density at radius 3 is 1.84 bits per heavy atom. The van der Waals surface area contributed by atoms with Crippen LogP contribution in [0, 0.1) is 0 Å². The summed E-state index contributed by atoms with van der Waals surface area (Å²) in [5, 5.41) is 4.81. The van der Waals surface area contributed by atoms with Gasteiger partial charge in [0.2, 0.25) is 0 Å². The lowest BCUT2D eigenvalue weighted by Crippen LogP contribution is -2.00. The van der Waals surface area contributed by atoms with Gasteiger partial charge in [0.05, 0.1) is 0 Å². The fourth-order valence-electron chi connectivity index (χ4n) is 7.71. The van der Waals surface area contributed by atoms with Gasteiger partial charge < -0.3 is 4.42 Å². The van der Waals surface area contributed by atoms with Crippen molar-refractivity contribution in [3.8, 4) is 67.5 Å². The zero-order valence-electron chi connectivity index (χ0n) is 29.9. The van der Waals surface area contributed by atoms with Gasteiger partial charge in [-0.05, 0) is 58.7 Å². The third-order valence-electron chi connectivity index (χ3n) is 10.5. The predicted octanol–water partition coefficient (Wildman–Crippen LogP) is 13.5. The third kappa shape index (κ3) is 5.54. The molecule has 11 aromatic rings. The van der Waals surface area contributed by atoms with Crippen molar-refractivity contribution >= 4 is 53.4 Å². The first-order chi connectivity index (χ1) is 27.7. The van der Waals surface area contributed by atoms with Crippen LogP contribution in [0.4, 0.5) is 0 Å². The van der Waals surface area contributed by atoms with Crippen molar-refractivity contribution in [1.29, 1.82) is 0 Å². The third-order valence-corrected chi connectivity index (χ3v) is 11.6. The number of pyridine rings is 1. The Balaban J connectivity index is 1.01. The molecule has 4 heterocycles. The van der Waals surface area contributed by atoms with E-state index < -0.39 is 0 Å². The lowest BCUT2D eigenvalue weighted by Gasteiger charge is -2.11. The predicted molar refractivity (Wildman–Crippen MR) is 230 cm³/mol. The van der Waals surface area contributed by atoms with E-state index in [4.69, 9.17) is 19.4 Å². The number of aromatic nitrogens is 4. The van der Waals surface area contributed by atoms with Crippen molar-refractivity contribution in [2.45, 2.75) is 0 Å². The molecule has 0 aliphatic heterocycles. The first-order valence-corrected chi connectivity index (χ1v) is 19.3. The maximum atomic E-state index is 6.69. The molecule has 0 bridgehead atoms. The lowest BCUT2D eigenvalue weighted by atomic mass is 9.94. The number of thiophene rings is 1. The molecule has 0 saturated heterocycles. The zero-order chi connectivity index (χ0) is 37.0. The molecule has 11 rings (SSSR count). The minimum atomic E-state index is 0.605. The van der Waals surface area contributed by atoms with E-state index in [-0.39, 0.29) is 0 Å². The summed E-state index contributed by atoms with van der Waals surface area (Å²) in [5.74, 6) is 1.83. The molecule has 7 aromatic carbocycles. The SMILES string of the molecule is c1ccc(-c2nc(-c3ccc(-c4ccc(-c5ccc6c(c5)sc5ccccc56)c5c4oc4ccccc45)cc3)nc(-c3cccc(-c4cccnc4)c3)n2)cc1. The van der Waals surface area contributed by atoms with E-state index in [0.29, 0.717) is 17.5 Å². The maximum absolute atomic E-state index is 6.69. The van der Waals surface area contributed by atoms with E-state index in [9.17, 15) is 0 Å². The topological polar surface area (TPSA) is 64.7 Å². The van der Waals surface area contributed by atoms with Gasteiger partial charge in [0, 0.05) is 71.2 Å². The van der Waals surface area contributed by atoms with Gasteiger partial charge in [-0.2, -0.15) is 0 Å². The number of hydrogen-bond donors (Lipinski definition) is 0. The average molecular weight is 735 g/mol. The monoisotopic (exact) mass is 734 g/mol. The van der Waals surface area contributed by atoms with Gasteiger partial charge in [-0.3, -0.25) is 4.98 Å². The molecule has 0 radical (unpaired) electrons. The van der Waals surface area contributed by atoms with Gasteiger partial charge in [0.1, 0.15) is 11.2 Å². The van der Waals surface area contributed by atoms with Crippen LogP contribution in [0.1, 0.15) is 0 Å². The minimum Gasteiger partial charge on any atom is -0.455 e. The molecule has 0 saturated carbocycles. The molecular weight excluding hydrogens is 705 g/mol. The number of rotatable bonds is 6. The summed E-state index contributed by atoms with van der Waals surface area (Å²) in [6.45, 7) is 0. The lowest BCUT2D eigenvalue weighted by molar-refractivity contribution is 0.670. The molecule has 0 atom stereocenters. The second-order valence-electron chi connectivity index (χ2n) is 13.8. The highest BCUT2D eigenvalue weighted by Crippen LogP contribution is 2.44. The normalized spacial score (nSPS) is 11.6. The van der Waals surface area contributed by atoms with Gasteiger partial charge in [0.15, 0.2) is 17.5 Å². The summed E-state index contributed by atoms with van der Waals surface area (Å²) < 4.78 is 9.27. The molecule has 0 fully saturated rings. The van der Waals surface area contributed by atoms with Crippen LogP contribution in [0.25, 0.3) is 110 Å².